The second-order valence-corrected chi connectivity index (χ2v) is 5.49. The smallest absolute Gasteiger partial charge is 0.339 e. The minimum Gasteiger partial charge on any atom is -0.478 e. The van der Waals surface area contributed by atoms with E-state index in [1.54, 1.807) is 0 Å². The number of aliphatic carboxylic acids is 1. The van der Waals surface area contributed by atoms with Crippen LogP contribution >= 0.6 is 0 Å². The van der Waals surface area contributed by atoms with Crippen molar-refractivity contribution in [2.45, 2.75) is 52.4 Å². The van der Waals surface area contributed by atoms with Gasteiger partial charge in [0.25, 0.3) is 0 Å². The van der Waals surface area contributed by atoms with Gasteiger partial charge < -0.3 is 14.6 Å². The number of carboxylic acid groups (broad SMARTS) is 1. The molecular formula is C16H22O4. The lowest BCUT2D eigenvalue weighted by Gasteiger charge is -2.17. The minimum atomic E-state index is -0.979. The average molecular weight is 278 g/mol. The van der Waals surface area contributed by atoms with E-state index < -0.39 is 5.97 Å². The first-order chi connectivity index (χ1) is 9.58. The van der Waals surface area contributed by atoms with Gasteiger partial charge in [-0.15, -0.1) is 0 Å². The Balaban J connectivity index is 2.25. The van der Waals surface area contributed by atoms with Crippen molar-refractivity contribution >= 4 is 5.97 Å². The van der Waals surface area contributed by atoms with Gasteiger partial charge in [-0.2, -0.15) is 0 Å². The molecule has 0 atom stereocenters. The van der Waals surface area contributed by atoms with Crippen LogP contribution < -0.4 is 0 Å². The molecule has 0 aromatic heterocycles. The van der Waals surface area contributed by atoms with E-state index in [4.69, 9.17) is 9.47 Å². The van der Waals surface area contributed by atoms with Crippen molar-refractivity contribution in [3.8, 4) is 0 Å². The third-order valence-electron chi connectivity index (χ3n) is 3.47. The van der Waals surface area contributed by atoms with E-state index >= 15 is 0 Å². The van der Waals surface area contributed by atoms with Crippen molar-refractivity contribution in [3.63, 3.8) is 0 Å². The van der Waals surface area contributed by atoms with E-state index in [1.807, 2.05) is 26.0 Å². The summed E-state index contributed by atoms with van der Waals surface area (Å²) in [4.78, 5) is 11.5. The molecule has 2 aliphatic rings. The Hall–Kier alpha value is -1.71. The standard InChI is InChI=1S/C16H22O4/c1-11(2)14(15(17)18)16(19-12-7-3-4-8-12)20-13-9-5-6-10-13/h7,9,11H,3-6,8,10H2,1-2H3,(H,17,18). The molecule has 0 unspecified atom stereocenters. The third-order valence-corrected chi connectivity index (χ3v) is 3.47. The van der Waals surface area contributed by atoms with Crippen molar-refractivity contribution in [1.82, 2.24) is 0 Å². The molecule has 0 saturated carbocycles. The summed E-state index contributed by atoms with van der Waals surface area (Å²) < 4.78 is 11.5. The molecule has 4 nitrogen and oxygen atoms in total. The minimum absolute atomic E-state index is 0.147. The van der Waals surface area contributed by atoms with Crippen molar-refractivity contribution in [1.29, 1.82) is 0 Å². The molecule has 110 valence electrons. The molecule has 2 rings (SSSR count). The fraction of sp³-hybridized carbons (Fsp3) is 0.562. The maximum atomic E-state index is 11.5. The molecule has 0 heterocycles. The lowest BCUT2D eigenvalue weighted by atomic mass is 10.0. The second kappa shape index (κ2) is 6.64. The molecule has 0 aliphatic heterocycles. The highest BCUT2D eigenvalue weighted by molar-refractivity contribution is 5.87. The Kier molecular flexibility index (Phi) is 4.88. The summed E-state index contributed by atoms with van der Waals surface area (Å²) in [6.07, 6.45) is 9.77. The molecule has 2 aliphatic carbocycles. The molecule has 0 bridgehead atoms. The third kappa shape index (κ3) is 3.65. The highest BCUT2D eigenvalue weighted by Gasteiger charge is 2.25. The number of hydrogen-bond acceptors (Lipinski definition) is 3. The Morgan fingerprint density at radius 2 is 1.60 bits per heavy atom. The van der Waals surface area contributed by atoms with E-state index in [-0.39, 0.29) is 17.4 Å². The topological polar surface area (TPSA) is 55.8 Å². The van der Waals surface area contributed by atoms with E-state index in [9.17, 15) is 9.90 Å². The maximum Gasteiger partial charge on any atom is 0.339 e. The van der Waals surface area contributed by atoms with Gasteiger partial charge in [0.1, 0.15) is 17.1 Å². The molecule has 0 amide bonds. The number of ether oxygens (including phenoxy) is 2. The normalized spacial score (nSPS) is 17.8. The average Bonchev–Trinajstić information content (AvgIpc) is 3.00. The van der Waals surface area contributed by atoms with Crippen LogP contribution in [0.4, 0.5) is 0 Å². The Morgan fingerprint density at radius 3 is 1.90 bits per heavy atom. The van der Waals surface area contributed by atoms with Crippen molar-refractivity contribution in [2.24, 2.45) is 5.92 Å². The number of hydrogen-bond donors (Lipinski definition) is 1. The van der Waals surface area contributed by atoms with Gasteiger partial charge in [0.2, 0.25) is 0 Å². The summed E-state index contributed by atoms with van der Waals surface area (Å²) >= 11 is 0. The van der Waals surface area contributed by atoms with E-state index in [2.05, 4.69) is 0 Å². The van der Waals surface area contributed by atoms with E-state index in [0.29, 0.717) is 0 Å². The summed E-state index contributed by atoms with van der Waals surface area (Å²) in [6.45, 7) is 3.67. The Morgan fingerprint density at radius 1 is 1.10 bits per heavy atom. The summed E-state index contributed by atoms with van der Waals surface area (Å²) in [5.41, 5.74) is 0.200. The molecule has 0 radical (unpaired) electrons. The second-order valence-electron chi connectivity index (χ2n) is 5.49. The van der Waals surface area contributed by atoms with Gasteiger partial charge in [-0.05, 0) is 43.8 Å². The van der Waals surface area contributed by atoms with Gasteiger partial charge in [0, 0.05) is 12.8 Å². The fourth-order valence-corrected chi connectivity index (χ4v) is 2.41. The zero-order chi connectivity index (χ0) is 14.5. The van der Waals surface area contributed by atoms with Crippen LogP contribution in [0.2, 0.25) is 0 Å². The molecule has 20 heavy (non-hydrogen) atoms. The first-order valence-electron chi connectivity index (χ1n) is 7.29. The summed E-state index contributed by atoms with van der Waals surface area (Å²) in [7, 11) is 0. The zero-order valence-corrected chi connectivity index (χ0v) is 12.1. The monoisotopic (exact) mass is 278 g/mol. The SMILES string of the molecule is CC(C)C(C(=O)O)=C(OC1=CCCC1)OC1=CCCC1. The summed E-state index contributed by atoms with van der Waals surface area (Å²) in [6, 6.07) is 0. The molecule has 0 aromatic rings. The summed E-state index contributed by atoms with van der Waals surface area (Å²) in [5, 5.41) is 9.41. The van der Waals surface area contributed by atoms with Crippen LogP contribution in [0.25, 0.3) is 0 Å². The van der Waals surface area contributed by atoms with Crippen molar-refractivity contribution < 1.29 is 19.4 Å². The largest absolute Gasteiger partial charge is 0.478 e. The van der Waals surface area contributed by atoms with Crippen LogP contribution in [-0.2, 0) is 14.3 Å². The maximum absolute atomic E-state index is 11.5. The van der Waals surface area contributed by atoms with E-state index in [1.165, 1.54) is 0 Å². The highest BCUT2D eigenvalue weighted by atomic mass is 16.7. The van der Waals surface area contributed by atoms with Gasteiger partial charge in [0.05, 0.1) is 0 Å². The van der Waals surface area contributed by atoms with Crippen LogP contribution in [0.3, 0.4) is 0 Å². The predicted molar refractivity (Wildman–Crippen MR) is 75.5 cm³/mol. The van der Waals surface area contributed by atoms with Gasteiger partial charge in [0.15, 0.2) is 0 Å². The van der Waals surface area contributed by atoms with Gasteiger partial charge >= 0.3 is 11.9 Å². The number of carboxylic acids is 1. The Bertz CT molecular complexity index is 441. The molecule has 1 N–H and O–H groups in total. The molecule has 0 aromatic carbocycles. The Labute approximate surface area is 119 Å². The van der Waals surface area contributed by atoms with Crippen LogP contribution in [0.5, 0.6) is 0 Å². The number of rotatable bonds is 6. The molecule has 4 heteroatoms. The van der Waals surface area contributed by atoms with Crippen LogP contribution in [0.15, 0.2) is 35.2 Å². The molecule has 0 saturated heterocycles. The van der Waals surface area contributed by atoms with Crippen molar-refractivity contribution in [3.05, 3.63) is 35.2 Å². The quantitative estimate of drug-likeness (QED) is 0.587. The molecule has 0 fully saturated rings. The first kappa shape index (κ1) is 14.7. The predicted octanol–water partition coefficient (Wildman–Crippen LogP) is 4.11. The lowest BCUT2D eigenvalue weighted by Crippen LogP contribution is -2.14. The van der Waals surface area contributed by atoms with Gasteiger partial charge in [-0.3, -0.25) is 0 Å². The zero-order valence-electron chi connectivity index (χ0n) is 12.1. The summed E-state index contributed by atoms with van der Waals surface area (Å²) in [5.74, 6) is 0.642. The number of carbonyl (C=O) groups is 1. The van der Waals surface area contributed by atoms with Crippen LogP contribution in [0, 0.1) is 5.92 Å². The van der Waals surface area contributed by atoms with Crippen LogP contribution in [0.1, 0.15) is 52.4 Å². The number of allylic oxidation sites excluding steroid dienone is 4. The van der Waals surface area contributed by atoms with Crippen LogP contribution in [-0.4, -0.2) is 11.1 Å². The molecule has 0 spiro atoms. The van der Waals surface area contributed by atoms with Gasteiger partial charge in [-0.1, -0.05) is 13.8 Å². The highest BCUT2D eigenvalue weighted by Crippen LogP contribution is 2.30. The van der Waals surface area contributed by atoms with Crippen molar-refractivity contribution in [2.75, 3.05) is 0 Å². The molecular weight excluding hydrogens is 256 g/mol. The fourth-order valence-electron chi connectivity index (χ4n) is 2.41. The van der Waals surface area contributed by atoms with E-state index in [0.717, 1.165) is 50.0 Å². The lowest BCUT2D eigenvalue weighted by molar-refractivity contribution is -0.133. The van der Waals surface area contributed by atoms with Gasteiger partial charge in [-0.25, -0.2) is 4.79 Å². The first-order valence-corrected chi connectivity index (χ1v) is 7.29.